The van der Waals surface area contributed by atoms with Crippen molar-refractivity contribution in [1.29, 1.82) is 0 Å². The highest BCUT2D eigenvalue weighted by molar-refractivity contribution is 6.90. The number of benzene rings is 3. The van der Waals surface area contributed by atoms with Crippen molar-refractivity contribution in [3.05, 3.63) is 71.4 Å². The van der Waals surface area contributed by atoms with Gasteiger partial charge in [-0.25, -0.2) is 0 Å². The van der Waals surface area contributed by atoms with Crippen molar-refractivity contribution in [3.8, 4) is 11.3 Å². The number of hydrogen-bond acceptors (Lipinski definition) is 2. The van der Waals surface area contributed by atoms with E-state index in [0.29, 0.717) is 0 Å². The van der Waals surface area contributed by atoms with Crippen LogP contribution in [-0.2, 0) is 5.41 Å². The summed E-state index contributed by atoms with van der Waals surface area (Å²) in [6, 6.07) is 17.8. The summed E-state index contributed by atoms with van der Waals surface area (Å²) in [6.07, 6.45) is 2.02. The number of aryl methyl sites for hydroxylation is 1. The highest BCUT2D eigenvalue weighted by Crippen LogP contribution is 2.51. The van der Waals surface area contributed by atoms with E-state index in [1.54, 1.807) is 0 Å². The first-order valence-corrected chi connectivity index (χ1v) is 14.6. The van der Waals surface area contributed by atoms with E-state index in [1.807, 2.05) is 6.20 Å². The molecule has 1 aliphatic carbocycles. The Labute approximate surface area is 183 Å². The molecule has 154 valence electrons. The molecular formula is C28H27NOSi. The number of nitrogens with zero attached hydrogens (tertiary/aromatic N) is 1. The highest BCUT2D eigenvalue weighted by Gasteiger charge is 2.37. The summed E-state index contributed by atoms with van der Waals surface area (Å²) in [7, 11) is -1.59. The number of hydrogen-bond donors (Lipinski definition) is 0. The smallest absolute Gasteiger partial charge is 0.139 e. The molecule has 2 aromatic heterocycles. The second-order valence-electron chi connectivity index (χ2n) is 10.5. The molecule has 0 amide bonds. The fourth-order valence-corrected chi connectivity index (χ4v) is 6.99. The third kappa shape index (κ3) is 2.35. The van der Waals surface area contributed by atoms with Crippen LogP contribution in [0.25, 0.3) is 44.0 Å². The zero-order valence-electron chi connectivity index (χ0n) is 19.1. The van der Waals surface area contributed by atoms with Gasteiger partial charge in [-0.2, -0.15) is 0 Å². The molecule has 0 fully saturated rings. The van der Waals surface area contributed by atoms with Crippen LogP contribution in [0, 0.1) is 6.92 Å². The summed E-state index contributed by atoms with van der Waals surface area (Å²) in [5.74, 6) is 0. The Morgan fingerprint density at radius 2 is 1.65 bits per heavy atom. The fraction of sp³-hybridized carbons (Fsp3) is 0.250. The minimum atomic E-state index is -1.59. The summed E-state index contributed by atoms with van der Waals surface area (Å²) in [6.45, 7) is 14.0. The summed E-state index contributed by atoms with van der Waals surface area (Å²) >= 11 is 0. The first-order valence-electron chi connectivity index (χ1n) is 11.1. The molecule has 0 spiro atoms. The molecule has 3 heteroatoms. The van der Waals surface area contributed by atoms with Crippen molar-refractivity contribution in [2.45, 2.75) is 45.8 Å². The minimum Gasteiger partial charge on any atom is -0.456 e. The second-order valence-corrected chi connectivity index (χ2v) is 15.6. The lowest BCUT2D eigenvalue weighted by atomic mass is 9.75. The van der Waals surface area contributed by atoms with Gasteiger partial charge in [0, 0.05) is 33.3 Å². The van der Waals surface area contributed by atoms with Gasteiger partial charge in [0.1, 0.15) is 11.2 Å². The van der Waals surface area contributed by atoms with Crippen molar-refractivity contribution in [2.24, 2.45) is 0 Å². The average Bonchev–Trinajstić information content (AvgIpc) is 3.09. The zero-order valence-corrected chi connectivity index (χ0v) is 20.1. The van der Waals surface area contributed by atoms with Gasteiger partial charge in [0.05, 0.1) is 13.8 Å². The Morgan fingerprint density at radius 1 is 0.871 bits per heavy atom. The topological polar surface area (TPSA) is 26.0 Å². The van der Waals surface area contributed by atoms with Gasteiger partial charge in [0.25, 0.3) is 0 Å². The molecule has 0 saturated heterocycles. The summed E-state index contributed by atoms with van der Waals surface area (Å²) in [5, 5.41) is 6.41. The molecule has 0 N–H and O–H groups in total. The summed E-state index contributed by atoms with van der Waals surface area (Å²) in [4.78, 5) is 5.05. The van der Waals surface area contributed by atoms with Crippen molar-refractivity contribution in [2.75, 3.05) is 0 Å². The predicted octanol–water partition coefficient (Wildman–Crippen LogP) is 7.29. The van der Waals surface area contributed by atoms with Crippen LogP contribution >= 0.6 is 0 Å². The number of pyridine rings is 1. The monoisotopic (exact) mass is 421 g/mol. The quantitative estimate of drug-likeness (QED) is 0.266. The van der Waals surface area contributed by atoms with Crippen molar-refractivity contribution < 1.29 is 4.42 Å². The van der Waals surface area contributed by atoms with Crippen molar-refractivity contribution in [3.63, 3.8) is 0 Å². The maximum absolute atomic E-state index is 6.70. The second kappa shape index (κ2) is 5.86. The third-order valence-corrected chi connectivity index (χ3v) is 9.14. The molecule has 2 nitrogen and oxygen atoms in total. The lowest BCUT2D eigenvalue weighted by Crippen LogP contribution is -2.38. The Hall–Kier alpha value is -2.91. The van der Waals surface area contributed by atoms with Gasteiger partial charge in [0.15, 0.2) is 0 Å². The summed E-state index contributed by atoms with van der Waals surface area (Å²) in [5.41, 5.74) is 8.01. The Morgan fingerprint density at radius 3 is 2.42 bits per heavy atom. The number of aromatic nitrogens is 1. The van der Waals surface area contributed by atoms with Gasteiger partial charge in [-0.3, -0.25) is 4.98 Å². The molecule has 0 saturated carbocycles. The number of furan rings is 1. The van der Waals surface area contributed by atoms with Crippen LogP contribution in [0.4, 0.5) is 0 Å². The molecule has 0 radical (unpaired) electrons. The lowest BCUT2D eigenvalue weighted by molar-refractivity contribution is 0.646. The lowest BCUT2D eigenvalue weighted by Gasteiger charge is -2.29. The van der Waals surface area contributed by atoms with E-state index in [0.717, 1.165) is 16.9 Å². The van der Waals surface area contributed by atoms with E-state index >= 15 is 0 Å². The first-order chi connectivity index (χ1) is 14.7. The highest BCUT2D eigenvalue weighted by atomic mass is 28.3. The predicted molar refractivity (Wildman–Crippen MR) is 134 cm³/mol. The molecule has 3 aromatic carbocycles. The average molecular weight is 422 g/mol. The molecule has 5 aromatic rings. The molecule has 2 heterocycles. The molecule has 0 atom stereocenters. The van der Waals surface area contributed by atoms with Crippen LogP contribution in [0.2, 0.25) is 19.6 Å². The van der Waals surface area contributed by atoms with Crippen molar-refractivity contribution in [1.82, 2.24) is 4.98 Å². The van der Waals surface area contributed by atoms with E-state index < -0.39 is 8.07 Å². The molecule has 0 aliphatic heterocycles. The normalized spacial score (nSPS) is 15.0. The Balaban J connectivity index is 1.92. The number of fused-ring (bicyclic) bond motifs is 4. The van der Waals surface area contributed by atoms with Crippen LogP contribution in [0.5, 0.6) is 0 Å². The Bertz CT molecular complexity index is 1550. The summed E-state index contributed by atoms with van der Waals surface area (Å²) < 4.78 is 6.70. The van der Waals surface area contributed by atoms with Crippen LogP contribution in [0.1, 0.15) is 30.5 Å². The molecule has 1 aliphatic rings. The molecule has 31 heavy (non-hydrogen) atoms. The zero-order chi connectivity index (χ0) is 21.7. The Kier molecular flexibility index (Phi) is 3.56. The SMILES string of the molecule is Cc1ccc2c3c1oc1c([Si](C)(C)C)ccc(c13)C(C)(C)c1c-2ncc2ccccc12. The van der Waals surface area contributed by atoms with Gasteiger partial charge in [-0.05, 0) is 34.2 Å². The van der Waals surface area contributed by atoms with Crippen molar-refractivity contribution >= 4 is 46.0 Å². The maximum atomic E-state index is 6.70. The first kappa shape index (κ1) is 18.8. The van der Waals surface area contributed by atoms with Gasteiger partial charge in [0.2, 0.25) is 0 Å². The van der Waals surface area contributed by atoms with Gasteiger partial charge < -0.3 is 4.42 Å². The fourth-order valence-electron chi connectivity index (χ4n) is 5.55. The van der Waals surface area contributed by atoms with E-state index in [1.165, 1.54) is 49.0 Å². The van der Waals surface area contributed by atoms with E-state index in [9.17, 15) is 0 Å². The van der Waals surface area contributed by atoms with Gasteiger partial charge >= 0.3 is 0 Å². The van der Waals surface area contributed by atoms with E-state index in [2.05, 4.69) is 88.9 Å². The van der Waals surface area contributed by atoms with Gasteiger partial charge in [-0.1, -0.05) is 82.0 Å². The van der Waals surface area contributed by atoms with Crippen LogP contribution in [0.15, 0.2) is 59.1 Å². The third-order valence-electron chi connectivity index (χ3n) is 7.13. The van der Waals surface area contributed by atoms with Crippen LogP contribution in [0.3, 0.4) is 0 Å². The molecule has 0 unspecified atom stereocenters. The minimum absolute atomic E-state index is 0.205. The van der Waals surface area contributed by atoms with Gasteiger partial charge in [-0.15, -0.1) is 0 Å². The largest absolute Gasteiger partial charge is 0.456 e. The molecule has 0 bridgehead atoms. The van der Waals surface area contributed by atoms with E-state index in [4.69, 9.17) is 9.40 Å². The van der Waals surface area contributed by atoms with Crippen LogP contribution in [-0.4, -0.2) is 13.1 Å². The maximum Gasteiger partial charge on any atom is 0.139 e. The molecular weight excluding hydrogens is 394 g/mol. The molecule has 6 rings (SSSR count). The van der Waals surface area contributed by atoms with E-state index in [-0.39, 0.29) is 5.41 Å². The van der Waals surface area contributed by atoms with Crippen LogP contribution < -0.4 is 5.19 Å². The standard InChI is InChI=1S/C28H27NOSi/c1-16-11-12-19-22-23-20(13-14-21(31(4,5)6)27(23)30-26(16)22)28(2,3)24-18-10-8-7-9-17(18)15-29-25(19)24/h7-15H,1-6H3. The number of rotatable bonds is 1.